The van der Waals surface area contributed by atoms with Crippen LogP contribution < -0.4 is 5.56 Å². The van der Waals surface area contributed by atoms with Crippen molar-refractivity contribution >= 4 is 11.8 Å². The molecule has 2 fully saturated rings. The highest BCUT2D eigenvalue weighted by Crippen LogP contribution is 2.23. The highest BCUT2D eigenvalue weighted by Gasteiger charge is 2.35. The van der Waals surface area contributed by atoms with Crippen LogP contribution in [0.25, 0.3) is 11.3 Å². The lowest BCUT2D eigenvalue weighted by Crippen LogP contribution is -2.40. The molecule has 27 heavy (non-hydrogen) atoms. The van der Waals surface area contributed by atoms with E-state index < -0.39 is 0 Å². The number of hydrogen-bond acceptors (Lipinski definition) is 3. The van der Waals surface area contributed by atoms with Crippen molar-refractivity contribution in [3.63, 3.8) is 0 Å². The van der Waals surface area contributed by atoms with Crippen molar-refractivity contribution in [1.29, 1.82) is 0 Å². The highest BCUT2D eigenvalue weighted by atomic mass is 16.2. The fourth-order valence-electron chi connectivity index (χ4n) is 4.03. The Hall–Kier alpha value is -2.89. The number of aromatic nitrogens is 1. The van der Waals surface area contributed by atoms with Crippen LogP contribution in [-0.4, -0.2) is 52.3 Å². The Morgan fingerprint density at radius 1 is 1.15 bits per heavy atom. The number of hydrogen-bond donors (Lipinski definition) is 1. The van der Waals surface area contributed by atoms with E-state index in [-0.39, 0.29) is 29.0 Å². The lowest BCUT2D eigenvalue weighted by atomic mass is 10.1. The standard InChI is InChI=1S/C21H23N3O3/c1-14-4-2-5-15(12-14)18-8-7-17(20(26)22-18)21(27)23-11-9-16(13-23)24-10-3-6-19(24)25/h2,4-5,7-8,12,16H,3,6,9-11,13H2,1H3,(H,22,26). The van der Waals surface area contributed by atoms with E-state index in [1.165, 1.54) is 0 Å². The van der Waals surface area contributed by atoms with Crippen LogP contribution in [-0.2, 0) is 4.79 Å². The Kier molecular flexibility index (Phi) is 4.56. The largest absolute Gasteiger partial charge is 0.338 e. The second kappa shape index (κ2) is 7.02. The summed E-state index contributed by atoms with van der Waals surface area (Å²) in [5, 5.41) is 0. The van der Waals surface area contributed by atoms with Gasteiger partial charge in [-0.2, -0.15) is 0 Å². The average Bonchev–Trinajstić information content (AvgIpc) is 3.30. The Morgan fingerprint density at radius 2 is 2.00 bits per heavy atom. The third kappa shape index (κ3) is 3.39. The van der Waals surface area contributed by atoms with Gasteiger partial charge in [0.1, 0.15) is 5.56 Å². The first kappa shape index (κ1) is 17.5. The van der Waals surface area contributed by atoms with Crippen molar-refractivity contribution in [3.05, 3.63) is 57.9 Å². The Morgan fingerprint density at radius 3 is 2.70 bits per heavy atom. The van der Waals surface area contributed by atoms with Gasteiger partial charge in [0.2, 0.25) is 5.91 Å². The maximum absolute atomic E-state index is 12.8. The molecule has 6 heteroatoms. The molecule has 1 atom stereocenters. The third-order valence-electron chi connectivity index (χ3n) is 5.47. The van der Waals surface area contributed by atoms with Crippen LogP contribution >= 0.6 is 0 Å². The number of nitrogens with one attached hydrogen (secondary N) is 1. The van der Waals surface area contributed by atoms with E-state index >= 15 is 0 Å². The topological polar surface area (TPSA) is 73.5 Å². The zero-order valence-electron chi connectivity index (χ0n) is 15.4. The molecule has 0 radical (unpaired) electrons. The van der Waals surface area contributed by atoms with Gasteiger partial charge < -0.3 is 14.8 Å². The van der Waals surface area contributed by atoms with Crippen molar-refractivity contribution in [1.82, 2.24) is 14.8 Å². The number of nitrogens with zero attached hydrogens (tertiary/aromatic N) is 2. The van der Waals surface area contributed by atoms with Crippen LogP contribution in [0.4, 0.5) is 0 Å². The van der Waals surface area contributed by atoms with Crippen molar-refractivity contribution in [2.45, 2.75) is 32.2 Å². The van der Waals surface area contributed by atoms with E-state index in [0.717, 1.165) is 30.5 Å². The second-order valence-corrected chi connectivity index (χ2v) is 7.37. The van der Waals surface area contributed by atoms with Crippen LogP contribution in [0.15, 0.2) is 41.2 Å². The predicted molar refractivity (Wildman–Crippen MR) is 102 cm³/mol. The molecule has 0 saturated carbocycles. The fourth-order valence-corrected chi connectivity index (χ4v) is 4.03. The lowest BCUT2D eigenvalue weighted by molar-refractivity contribution is -0.129. The molecule has 0 aliphatic carbocycles. The van der Waals surface area contributed by atoms with Crippen LogP contribution in [0, 0.1) is 6.92 Å². The summed E-state index contributed by atoms with van der Waals surface area (Å²) < 4.78 is 0. The van der Waals surface area contributed by atoms with Gasteiger partial charge in [-0.15, -0.1) is 0 Å². The molecule has 2 amide bonds. The van der Waals surface area contributed by atoms with Gasteiger partial charge >= 0.3 is 0 Å². The molecule has 140 valence electrons. The van der Waals surface area contributed by atoms with E-state index in [2.05, 4.69) is 4.98 Å². The number of carbonyl (C=O) groups excluding carboxylic acids is 2. The molecule has 0 spiro atoms. The lowest BCUT2D eigenvalue weighted by Gasteiger charge is -2.24. The minimum Gasteiger partial charge on any atom is -0.338 e. The average molecular weight is 365 g/mol. The summed E-state index contributed by atoms with van der Waals surface area (Å²) in [5.41, 5.74) is 2.50. The monoisotopic (exact) mass is 365 g/mol. The summed E-state index contributed by atoms with van der Waals surface area (Å²) in [6.07, 6.45) is 2.27. The van der Waals surface area contributed by atoms with Crippen molar-refractivity contribution in [2.24, 2.45) is 0 Å². The summed E-state index contributed by atoms with van der Waals surface area (Å²) in [6.45, 7) is 3.85. The minimum atomic E-state index is -0.375. The normalized spacial score (nSPS) is 19.7. The summed E-state index contributed by atoms with van der Waals surface area (Å²) in [6, 6.07) is 11.3. The van der Waals surface area contributed by atoms with Crippen LogP contribution in [0.2, 0.25) is 0 Å². The first-order valence-electron chi connectivity index (χ1n) is 9.42. The van der Waals surface area contributed by atoms with Gasteiger partial charge in [0.15, 0.2) is 0 Å². The molecule has 3 heterocycles. The molecular formula is C21H23N3O3. The molecule has 1 N–H and O–H groups in total. The molecule has 2 saturated heterocycles. The minimum absolute atomic E-state index is 0.0783. The molecule has 4 rings (SSSR count). The molecule has 1 aromatic heterocycles. The number of benzene rings is 1. The summed E-state index contributed by atoms with van der Waals surface area (Å²) >= 11 is 0. The number of pyridine rings is 1. The zero-order chi connectivity index (χ0) is 19.0. The van der Waals surface area contributed by atoms with E-state index in [1.807, 2.05) is 36.1 Å². The number of aryl methyl sites for hydroxylation is 1. The molecule has 0 bridgehead atoms. The van der Waals surface area contributed by atoms with Gasteiger partial charge in [-0.3, -0.25) is 14.4 Å². The van der Waals surface area contributed by atoms with E-state index in [9.17, 15) is 14.4 Å². The van der Waals surface area contributed by atoms with Crippen LogP contribution in [0.5, 0.6) is 0 Å². The number of amides is 2. The molecular weight excluding hydrogens is 342 g/mol. The molecule has 2 aliphatic rings. The zero-order valence-corrected chi connectivity index (χ0v) is 15.4. The van der Waals surface area contributed by atoms with Gasteiger partial charge in [0.25, 0.3) is 11.5 Å². The quantitative estimate of drug-likeness (QED) is 0.906. The summed E-state index contributed by atoms with van der Waals surface area (Å²) in [4.78, 5) is 43.7. The molecule has 1 unspecified atom stereocenters. The molecule has 2 aliphatic heterocycles. The van der Waals surface area contributed by atoms with E-state index in [4.69, 9.17) is 0 Å². The first-order valence-corrected chi connectivity index (χ1v) is 9.42. The van der Waals surface area contributed by atoms with Gasteiger partial charge in [-0.05, 0) is 43.5 Å². The van der Waals surface area contributed by atoms with Gasteiger partial charge in [-0.1, -0.05) is 23.8 Å². The van der Waals surface area contributed by atoms with Crippen molar-refractivity contribution in [2.75, 3.05) is 19.6 Å². The Labute approximate surface area is 157 Å². The van der Waals surface area contributed by atoms with Gasteiger partial charge in [0.05, 0.1) is 6.04 Å². The van der Waals surface area contributed by atoms with Gasteiger partial charge in [-0.25, -0.2) is 0 Å². The first-order chi connectivity index (χ1) is 13.0. The predicted octanol–water partition coefficient (Wildman–Crippen LogP) is 2.19. The third-order valence-corrected chi connectivity index (χ3v) is 5.47. The summed E-state index contributed by atoms with van der Waals surface area (Å²) in [7, 11) is 0. The maximum Gasteiger partial charge on any atom is 0.261 e. The van der Waals surface area contributed by atoms with Crippen molar-refractivity contribution in [3.8, 4) is 11.3 Å². The number of rotatable bonds is 3. The Bertz CT molecular complexity index is 950. The summed E-state index contributed by atoms with van der Waals surface area (Å²) in [5.74, 6) is -0.0872. The highest BCUT2D eigenvalue weighted by molar-refractivity contribution is 5.94. The molecule has 6 nitrogen and oxygen atoms in total. The number of H-pyrrole nitrogens is 1. The van der Waals surface area contributed by atoms with Gasteiger partial charge in [0, 0.05) is 31.7 Å². The number of aromatic amines is 1. The number of likely N-dealkylation sites (tertiary alicyclic amines) is 2. The Balaban J connectivity index is 1.51. The maximum atomic E-state index is 12.8. The SMILES string of the molecule is Cc1cccc(-c2ccc(C(=O)N3CCC(N4CCCC4=O)C3)c(=O)[nH]2)c1. The van der Waals surface area contributed by atoms with Crippen molar-refractivity contribution < 1.29 is 9.59 Å². The molecule has 2 aromatic rings. The van der Waals surface area contributed by atoms with Crippen LogP contribution in [0.3, 0.4) is 0 Å². The van der Waals surface area contributed by atoms with E-state index in [0.29, 0.717) is 25.2 Å². The smallest absolute Gasteiger partial charge is 0.261 e. The molecule has 1 aromatic carbocycles. The van der Waals surface area contributed by atoms with Crippen LogP contribution in [0.1, 0.15) is 35.2 Å². The number of carbonyl (C=O) groups is 2. The second-order valence-electron chi connectivity index (χ2n) is 7.37. The van der Waals surface area contributed by atoms with E-state index in [1.54, 1.807) is 17.0 Å². The fraction of sp³-hybridized carbons (Fsp3) is 0.381.